The maximum atomic E-state index is 9.87. The number of hydrogen-bond donors (Lipinski definition) is 2. The molecule has 0 saturated heterocycles. The van der Waals surface area contributed by atoms with E-state index in [1.54, 1.807) is 17.4 Å². The molecule has 0 aliphatic heterocycles. The molecule has 0 saturated carbocycles. The summed E-state index contributed by atoms with van der Waals surface area (Å²) < 4.78 is 6.41. The summed E-state index contributed by atoms with van der Waals surface area (Å²) in [6.07, 6.45) is 0. The Bertz CT molecular complexity index is 558. The molecule has 96 valence electrons. The van der Waals surface area contributed by atoms with Crippen molar-refractivity contribution in [3.63, 3.8) is 0 Å². The first-order valence-corrected chi connectivity index (χ1v) is 7.61. The van der Waals surface area contributed by atoms with E-state index in [-0.39, 0.29) is 11.8 Å². The molecule has 0 amide bonds. The number of aromatic hydroxyl groups is 1. The lowest BCUT2D eigenvalue weighted by Crippen LogP contribution is -2.12. The van der Waals surface area contributed by atoms with Gasteiger partial charge in [0.2, 0.25) is 0 Å². The molecule has 3 N–H and O–H groups in total. The van der Waals surface area contributed by atoms with Gasteiger partial charge in [-0.25, -0.2) is 0 Å². The number of phenolic OH excluding ortho intramolecular Hbond substituents is 1. The van der Waals surface area contributed by atoms with Gasteiger partial charge in [-0.05, 0) is 65.9 Å². The fourth-order valence-electron chi connectivity index (χ4n) is 1.63. The standard InChI is InChI=1S/C12H11Br2NO2S/c1-17-8-4-7(9(13)10(14)12(8)16)11(15)6-2-3-18-5-6/h2-5,11,16H,15H2,1H3/t11-/m0/s1. The number of benzene rings is 1. The average Bonchev–Trinajstić information content (AvgIpc) is 2.89. The van der Waals surface area contributed by atoms with Crippen LogP contribution in [0.1, 0.15) is 17.2 Å². The number of nitrogens with two attached hydrogens (primary N) is 1. The maximum absolute atomic E-state index is 9.87. The Kier molecular flexibility index (Phi) is 4.32. The lowest BCUT2D eigenvalue weighted by molar-refractivity contribution is 0.371. The Morgan fingerprint density at radius 3 is 2.67 bits per heavy atom. The molecular formula is C12H11Br2NO2S. The van der Waals surface area contributed by atoms with Crippen molar-refractivity contribution in [2.75, 3.05) is 7.11 Å². The summed E-state index contributed by atoms with van der Waals surface area (Å²) in [7, 11) is 1.51. The topological polar surface area (TPSA) is 55.5 Å². The lowest BCUT2D eigenvalue weighted by atomic mass is 10.0. The van der Waals surface area contributed by atoms with Crippen LogP contribution in [0.4, 0.5) is 0 Å². The van der Waals surface area contributed by atoms with E-state index in [0.29, 0.717) is 10.2 Å². The predicted molar refractivity (Wildman–Crippen MR) is 80.4 cm³/mol. The van der Waals surface area contributed by atoms with Crippen LogP contribution in [-0.2, 0) is 0 Å². The van der Waals surface area contributed by atoms with Crippen LogP contribution < -0.4 is 10.5 Å². The Balaban J connectivity index is 2.54. The smallest absolute Gasteiger partial charge is 0.173 e. The van der Waals surface area contributed by atoms with Crippen LogP contribution in [0.25, 0.3) is 0 Å². The van der Waals surface area contributed by atoms with Crippen LogP contribution >= 0.6 is 43.2 Å². The third kappa shape index (κ3) is 2.42. The van der Waals surface area contributed by atoms with E-state index in [0.717, 1.165) is 15.6 Å². The van der Waals surface area contributed by atoms with Gasteiger partial charge in [-0.3, -0.25) is 0 Å². The van der Waals surface area contributed by atoms with E-state index >= 15 is 0 Å². The molecule has 6 heteroatoms. The van der Waals surface area contributed by atoms with E-state index in [9.17, 15) is 5.11 Å². The Labute approximate surface area is 126 Å². The molecule has 18 heavy (non-hydrogen) atoms. The molecule has 0 aliphatic rings. The van der Waals surface area contributed by atoms with Gasteiger partial charge in [0.1, 0.15) is 0 Å². The summed E-state index contributed by atoms with van der Waals surface area (Å²) in [6.45, 7) is 0. The number of ether oxygens (including phenoxy) is 1. The molecule has 2 rings (SSSR count). The van der Waals surface area contributed by atoms with Crippen molar-refractivity contribution in [3.8, 4) is 11.5 Å². The Hall–Kier alpha value is -0.560. The predicted octanol–water partition coefficient (Wildman–Crippen LogP) is 4.04. The van der Waals surface area contributed by atoms with Crippen molar-refractivity contribution in [2.24, 2.45) is 5.73 Å². The van der Waals surface area contributed by atoms with Crippen molar-refractivity contribution in [1.29, 1.82) is 0 Å². The second-order valence-electron chi connectivity index (χ2n) is 3.68. The molecule has 0 unspecified atom stereocenters. The van der Waals surface area contributed by atoms with Gasteiger partial charge >= 0.3 is 0 Å². The van der Waals surface area contributed by atoms with E-state index in [4.69, 9.17) is 10.5 Å². The third-order valence-corrected chi connectivity index (χ3v) is 5.49. The molecule has 1 heterocycles. The van der Waals surface area contributed by atoms with Crippen LogP contribution in [-0.4, -0.2) is 12.2 Å². The summed E-state index contributed by atoms with van der Waals surface area (Å²) >= 11 is 8.36. The van der Waals surface area contributed by atoms with Crippen LogP contribution in [0.2, 0.25) is 0 Å². The highest BCUT2D eigenvalue weighted by molar-refractivity contribution is 9.13. The van der Waals surface area contributed by atoms with Gasteiger partial charge in [0.25, 0.3) is 0 Å². The average molecular weight is 393 g/mol. The first-order valence-electron chi connectivity index (χ1n) is 5.08. The molecule has 1 atom stereocenters. The Morgan fingerprint density at radius 1 is 1.39 bits per heavy atom. The summed E-state index contributed by atoms with van der Waals surface area (Å²) in [5, 5.41) is 13.9. The minimum atomic E-state index is -0.267. The Morgan fingerprint density at radius 2 is 2.11 bits per heavy atom. The molecule has 2 aromatic rings. The first kappa shape index (κ1) is 13.9. The second-order valence-corrected chi connectivity index (χ2v) is 6.05. The summed E-state index contributed by atoms with van der Waals surface area (Å²) in [6, 6.07) is 3.46. The van der Waals surface area contributed by atoms with Gasteiger partial charge in [-0.2, -0.15) is 11.3 Å². The van der Waals surface area contributed by atoms with Gasteiger partial charge in [-0.1, -0.05) is 0 Å². The summed E-state index contributed by atoms with van der Waals surface area (Å²) in [4.78, 5) is 0. The number of phenols is 1. The van der Waals surface area contributed by atoms with E-state index in [1.165, 1.54) is 7.11 Å². The number of thiophene rings is 1. The first-order chi connectivity index (χ1) is 8.56. The molecule has 0 radical (unpaired) electrons. The van der Waals surface area contributed by atoms with Gasteiger partial charge < -0.3 is 15.6 Å². The lowest BCUT2D eigenvalue weighted by Gasteiger charge is -2.16. The molecule has 0 aliphatic carbocycles. The second kappa shape index (κ2) is 5.61. The minimum Gasteiger partial charge on any atom is -0.503 e. The summed E-state index contributed by atoms with van der Waals surface area (Å²) in [5.74, 6) is 0.455. The normalized spacial score (nSPS) is 12.4. The van der Waals surface area contributed by atoms with Gasteiger partial charge in [-0.15, -0.1) is 0 Å². The highest BCUT2D eigenvalue weighted by Gasteiger charge is 2.20. The molecule has 0 fully saturated rings. The van der Waals surface area contributed by atoms with E-state index in [1.807, 2.05) is 16.8 Å². The number of halogens is 2. The number of hydrogen-bond acceptors (Lipinski definition) is 4. The molecule has 0 spiro atoms. The number of rotatable bonds is 3. The minimum absolute atomic E-state index is 0.0608. The van der Waals surface area contributed by atoms with Crippen molar-refractivity contribution in [1.82, 2.24) is 0 Å². The van der Waals surface area contributed by atoms with Gasteiger partial charge in [0, 0.05) is 4.47 Å². The largest absolute Gasteiger partial charge is 0.503 e. The van der Waals surface area contributed by atoms with Crippen LogP contribution in [0.5, 0.6) is 11.5 Å². The van der Waals surface area contributed by atoms with E-state index < -0.39 is 0 Å². The molecular weight excluding hydrogens is 382 g/mol. The zero-order valence-electron chi connectivity index (χ0n) is 9.48. The fraction of sp³-hybridized carbons (Fsp3) is 0.167. The number of methoxy groups -OCH3 is 1. The zero-order valence-corrected chi connectivity index (χ0v) is 13.5. The monoisotopic (exact) mass is 391 g/mol. The fourth-order valence-corrected chi connectivity index (χ4v) is 3.29. The van der Waals surface area contributed by atoms with Gasteiger partial charge in [0.15, 0.2) is 11.5 Å². The molecule has 3 nitrogen and oxygen atoms in total. The van der Waals surface area contributed by atoms with E-state index in [2.05, 4.69) is 31.9 Å². The van der Waals surface area contributed by atoms with Crippen molar-refractivity contribution < 1.29 is 9.84 Å². The molecule has 1 aromatic carbocycles. The highest BCUT2D eigenvalue weighted by atomic mass is 79.9. The van der Waals surface area contributed by atoms with Crippen LogP contribution in [0.15, 0.2) is 31.8 Å². The highest BCUT2D eigenvalue weighted by Crippen LogP contribution is 2.44. The SMILES string of the molecule is COc1cc([C@@H](N)c2ccsc2)c(Br)c(Br)c1O. The molecule has 0 bridgehead atoms. The van der Waals surface area contributed by atoms with Crippen LogP contribution in [0.3, 0.4) is 0 Å². The van der Waals surface area contributed by atoms with Crippen molar-refractivity contribution >= 4 is 43.2 Å². The van der Waals surface area contributed by atoms with Crippen molar-refractivity contribution in [2.45, 2.75) is 6.04 Å². The maximum Gasteiger partial charge on any atom is 0.173 e. The zero-order chi connectivity index (χ0) is 13.3. The van der Waals surface area contributed by atoms with Gasteiger partial charge in [0.05, 0.1) is 17.6 Å². The quantitative estimate of drug-likeness (QED) is 0.828. The molecule has 1 aromatic heterocycles. The summed E-state index contributed by atoms with van der Waals surface area (Å²) in [5.41, 5.74) is 8.11. The third-order valence-electron chi connectivity index (χ3n) is 2.63. The van der Waals surface area contributed by atoms with Crippen molar-refractivity contribution in [3.05, 3.63) is 43.0 Å². The van der Waals surface area contributed by atoms with Crippen LogP contribution in [0, 0.1) is 0 Å².